The average molecular weight is 310 g/mol. The Hall–Kier alpha value is -2.21. The first-order chi connectivity index (χ1) is 9.86. The highest BCUT2D eigenvalue weighted by molar-refractivity contribution is 6.32. The van der Waals surface area contributed by atoms with Gasteiger partial charge in [0.25, 0.3) is 0 Å². The number of ether oxygens (including phenoxy) is 1. The van der Waals surface area contributed by atoms with Crippen LogP contribution in [0.25, 0.3) is 11.4 Å². The van der Waals surface area contributed by atoms with Gasteiger partial charge in [-0.2, -0.15) is 0 Å². The van der Waals surface area contributed by atoms with Crippen LogP contribution in [0.1, 0.15) is 23.0 Å². The zero-order valence-corrected chi connectivity index (χ0v) is 12.5. The summed E-state index contributed by atoms with van der Waals surface area (Å²) >= 11 is 5.84. The summed E-state index contributed by atoms with van der Waals surface area (Å²) < 4.78 is 19.3. The maximum atomic E-state index is 14.4. The Kier molecular flexibility index (Phi) is 4.09. The van der Waals surface area contributed by atoms with E-state index in [-0.39, 0.29) is 39.5 Å². The van der Waals surface area contributed by atoms with Crippen LogP contribution in [0.3, 0.4) is 0 Å². The quantitative estimate of drug-likeness (QED) is 0.882. The lowest BCUT2D eigenvalue weighted by Crippen LogP contribution is -2.09. The van der Waals surface area contributed by atoms with Crippen LogP contribution < -0.4 is 10.5 Å². The third-order valence-electron chi connectivity index (χ3n) is 3.01. The molecular weight excluding hydrogens is 297 g/mol. The number of methoxy groups -OCH3 is 1. The molecule has 0 saturated heterocycles. The van der Waals surface area contributed by atoms with E-state index in [0.717, 1.165) is 0 Å². The molecule has 0 aliphatic rings. The highest BCUT2D eigenvalue weighted by atomic mass is 35.5. The molecule has 1 aromatic heterocycles. The van der Waals surface area contributed by atoms with Crippen LogP contribution in [0, 0.1) is 12.7 Å². The lowest BCUT2D eigenvalue weighted by molar-refractivity contribution is 0.101. The number of nitrogens with zero attached hydrogens (tertiary/aromatic N) is 2. The number of anilines is 1. The number of rotatable bonds is 3. The van der Waals surface area contributed by atoms with Crippen LogP contribution in [0.4, 0.5) is 10.2 Å². The van der Waals surface area contributed by atoms with Crippen molar-refractivity contribution in [1.29, 1.82) is 0 Å². The van der Waals surface area contributed by atoms with Gasteiger partial charge in [0.2, 0.25) is 0 Å². The molecule has 0 aliphatic carbocycles. The van der Waals surface area contributed by atoms with Gasteiger partial charge < -0.3 is 10.5 Å². The summed E-state index contributed by atoms with van der Waals surface area (Å²) in [5.74, 6) is -0.956. The number of carbonyl (C=O) groups is 1. The zero-order chi connectivity index (χ0) is 15.7. The number of aromatic nitrogens is 2. The molecular formula is C14H13ClFN3O2. The third-order valence-corrected chi connectivity index (χ3v) is 3.31. The van der Waals surface area contributed by atoms with Crippen molar-refractivity contribution in [3.05, 3.63) is 34.2 Å². The molecule has 0 spiro atoms. The predicted octanol–water partition coefficient (Wildman–Crippen LogP) is 3.04. The number of nitrogen functional groups attached to an aromatic ring is 1. The number of Topliss-reactive ketones (excluding diaryl/α,β-unsaturated/α-hetero) is 1. The molecule has 1 heterocycles. The van der Waals surface area contributed by atoms with Crippen molar-refractivity contribution < 1.29 is 13.9 Å². The maximum Gasteiger partial charge on any atom is 0.178 e. The molecule has 5 nitrogen and oxygen atoms in total. The Bertz CT molecular complexity index is 735. The van der Waals surface area contributed by atoms with Crippen molar-refractivity contribution in [2.75, 3.05) is 12.8 Å². The monoisotopic (exact) mass is 309 g/mol. The van der Waals surface area contributed by atoms with Crippen molar-refractivity contribution in [2.24, 2.45) is 0 Å². The first-order valence-electron chi connectivity index (χ1n) is 6.04. The third kappa shape index (κ3) is 2.67. The van der Waals surface area contributed by atoms with Crippen molar-refractivity contribution >= 4 is 23.2 Å². The molecule has 0 unspecified atom stereocenters. The summed E-state index contributed by atoms with van der Waals surface area (Å²) in [6.45, 7) is 2.99. The number of benzene rings is 1. The maximum absolute atomic E-state index is 14.4. The van der Waals surface area contributed by atoms with Gasteiger partial charge in [0.15, 0.2) is 23.2 Å². The number of halogens is 2. The van der Waals surface area contributed by atoms with E-state index >= 15 is 0 Å². The minimum absolute atomic E-state index is 0.00997. The minimum atomic E-state index is -0.706. The molecule has 0 fully saturated rings. The largest absolute Gasteiger partial charge is 0.492 e. The second-order valence-electron chi connectivity index (χ2n) is 4.40. The minimum Gasteiger partial charge on any atom is -0.492 e. The van der Waals surface area contributed by atoms with Crippen LogP contribution >= 0.6 is 11.6 Å². The van der Waals surface area contributed by atoms with Gasteiger partial charge in [-0.05, 0) is 19.1 Å². The molecule has 0 bridgehead atoms. The molecule has 2 rings (SSSR count). The predicted molar refractivity (Wildman–Crippen MR) is 78.1 cm³/mol. The van der Waals surface area contributed by atoms with E-state index in [2.05, 4.69) is 9.97 Å². The van der Waals surface area contributed by atoms with Crippen LogP contribution in [0.5, 0.6) is 5.75 Å². The fraction of sp³-hybridized carbons (Fsp3) is 0.214. The number of ketones is 1. The SMILES string of the molecule is COc1c(Cl)ccc(-c2nc(N)c(C)c(C(C)=O)n2)c1F. The molecule has 21 heavy (non-hydrogen) atoms. The summed E-state index contributed by atoms with van der Waals surface area (Å²) in [4.78, 5) is 19.7. The molecule has 0 amide bonds. The molecule has 0 saturated carbocycles. The lowest BCUT2D eigenvalue weighted by atomic mass is 10.1. The number of nitrogens with two attached hydrogens (primary N) is 1. The Morgan fingerprint density at radius 1 is 1.38 bits per heavy atom. The van der Waals surface area contributed by atoms with Gasteiger partial charge in [-0.25, -0.2) is 14.4 Å². The molecule has 2 aromatic rings. The van der Waals surface area contributed by atoms with Crippen molar-refractivity contribution in [1.82, 2.24) is 9.97 Å². The lowest BCUT2D eigenvalue weighted by Gasteiger charge is -2.11. The van der Waals surface area contributed by atoms with Crippen molar-refractivity contribution in [3.63, 3.8) is 0 Å². The summed E-state index contributed by atoms with van der Waals surface area (Å²) in [6, 6.07) is 2.87. The van der Waals surface area contributed by atoms with Gasteiger partial charge in [-0.3, -0.25) is 4.79 Å². The molecule has 1 aromatic carbocycles. The Morgan fingerprint density at radius 2 is 2.05 bits per heavy atom. The van der Waals surface area contributed by atoms with Gasteiger partial charge in [0.1, 0.15) is 11.5 Å². The van der Waals surface area contributed by atoms with Gasteiger partial charge in [0, 0.05) is 12.5 Å². The topological polar surface area (TPSA) is 78.1 Å². The van der Waals surface area contributed by atoms with E-state index in [0.29, 0.717) is 5.56 Å². The molecule has 7 heteroatoms. The van der Waals surface area contributed by atoms with Crippen molar-refractivity contribution in [2.45, 2.75) is 13.8 Å². The second kappa shape index (κ2) is 5.65. The number of hydrogen-bond donors (Lipinski definition) is 1. The molecule has 0 aliphatic heterocycles. The summed E-state index contributed by atoms with van der Waals surface area (Å²) in [5.41, 5.74) is 6.45. The van der Waals surface area contributed by atoms with Crippen LogP contribution in [-0.2, 0) is 0 Å². The fourth-order valence-corrected chi connectivity index (χ4v) is 2.11. The number of carbonyl (C=O) groups excluding carboxylic acids is 1. The summed E-state index contributed by atoms with van der Waals surface area (Å²) in [7, 11) is 1.30. The fourth-order valence-electron chi connectivity index (χ4n) is 1.89. The Balaban J connectivity index is 2.71. The van der Waals surface area contributed by atoms with Gasteiger partial charge in [-0.15, -0.1) is 0 Å². The summed E-state index contributed by atoms with van der Waals surface area (Å²) in [5, 5.41) is 0.130. The van der Waals surface area contributed by atoms with Gasteiger partial charge in [0.05, 0.1) is 17.7 Å². The van der Waals surface area contributed by atoms with Crippen molar-refractivity contribution in [3.8, 4) is 17.1 Å². The van der Waals surface area contributed by atoms with E-state index in [1.54, 1.807) is 6.92 Å². The normalized spacial score (nSPS) is 10.5. The smallest absolute Gasteiger partial charge is 0.178 e. The molecule has 0 atom stereocenters. The highest BCUT2D eigenvalue weighted by Crippen LogP contribution is 2.34. The molecule has 0 radical (unpaired) electrons. The van der Waals surface area contributed by atoms with Crippen LogP contribution in [0.2, 0.25) is 5.02 Å². The van der Waals surface area contributed by atoms with Gasteiger partial charge in [-0.1, -0.05) is 11.6 Å². The average Bonchev–Trinajstić information content (AvgIpc) is 2.42. The Labute approximate surface area is 125 Å². The second-order valence-corrected chi connectivity index (χ2v) is 4.81. The molecule has 2 N–H and O–H groups in total. The molecule has 110 valence electrons. The van der Waals surface area contributed by atoms with E-state index in [9.17, 15) is 9.18 Å². The summed E-state index contributed by atoms with van der Waals surface area (Å²) in [6.07, 6.45) is 0. The van der Waals surface area contributed by atoms with E-state index in [1.165, 1.54) is 26.2 Å². The van der Waals surface area contributed by atoms with Gasteiger partial charge >= 0.3 is 0 Å². The van der Waals surface area contributed by atoms with E-state index in [4.69, 9.17) is 22.1 Å². The van der Waals surface area contributed by atoms with Crippen LogP contribution in [-0.4, -0.2) is 22.9 Å². The standard InChI is InChI=1S/C14H13ClFN3O2/c1-6-11(7(2)20)18-14(19-13(6)17)8-4-5-9(15)12(21-3)10(8)16/h4-5H,1-3H3,(H2,17,18,19). The van der Waals surface area contributed by atoms with E-state index < -0.39 is 5.82 Å². The van der Waals surface area contributed by atoms with E-state index in [1.807, 2.05) is 0 Å². The Morgan fingerprint density at radius 3 is 2.62 bits per heavy atom. The number of hydrogen-bond acceptors (Lipinski definition) is 5. The first-order valence-corrected chi connectivity index (χ1v) is 6.42. The first kappa shape index (κ1) is 15.2. The zero-order valence-electron chi connectivity index (χ0n) is 11.7. The highest BCUT2D eigenvalue weighted by Gasteiger charge is 2.19. The van der Waals surface area contributed by atoms with Crippen LogP contribution in [0.15, 0.2) is 12.1 Å².